The van der Waals surface area contributed by atoms with E-state index in [0.717, 1.165) is 5.82 Å². The highest BCUT2D eigenvalue weighted by molar-refractivity contribution is 5.89. The number of nitrogens with zero attached hydrogens (tertiary/aromatic N) is 1. The van der Waals surface area contributed by atoms with Gasteiger partial charge < -0.3 is 14.5 Å². The number of carbonyl (C=O) groups excluding carboxylic acids is 1. The van der Waals surface area contributed by atoms with Crippen LogP contribution in [0.3, 0.4) is 0 Å². The second kappa shape index (κ2) is 5.86. The summed E-state index contributed by atoms with van der Waals surface area (Å²) < 4.78 is 10.1. The van der Waals surface area contributed by atoms with Gasteiger partial charge in [0.15, 0.2) is 0 Å². The van der Waals surface area contributed by atoms with Crippen LogP contribution in [-0.4, -0.2) is 29.7 Å². The number of rotatable bonds is 5. The van der Waals surface area contributed by atoms with Crippen molar-refractivity contribution >= 4 is 5.97 Å². The first-order valence-electron chi connectivity index (χ1n) is 5.59. The van der Waals surface area contributed by atoms with E-state index in [9.17, 15) is 4.79 Å². The quantitative estimate of drug-likeness (QED) is 0.817. The Morgan fingerprint density at radius 3 is 2.72 bits per heavy atom. The SMILES string of the molecule is COC(=O)c1ccc(OCCc2ncc[nH]2)cc1. The fourth-order valence-electron chi connectivity index (χ4n) is 1.51. The zero-order valence-electron chi connectivity index (χ0n) is 10.1. The molecule has 0 amide bonds. The lowest BCUT2D eigenvalue weighted by Crippen LogP contribution is -2.04. The van der Waals surface area contributed by atoms with Crippen LogP contribution < -0.4 is 4.74 Å². The summed E-state index contributed by atoms with van der Waals surface area (Å²) in [6.07, 6.45) is 4.20. The van der Waals surface area contributed by atoms with Crippen molar-refractivity contribution in [1.82, 2.24) is 9.97 Å². The lowest BCUT2D eigenvalue weighted by molar-refractivity contribution is 0.0600. The Bertz CT molecular complexity index is 491. The summed E-state index contributed by atoms with van der Waals surface area (Å²) in [5.74, 6) is 1.26. The molecular formula is C13H14N2O3. The molecule has 0 aliphatic rings. The molecule has 0 fully saturated rings. The smallest absolute Gasteiger partial charge is 0.337 e. The summed E-state index contributed by atoms with van der Waals surface area (Å²) in [4.78, 5) is 18.3. The minimum Gasteiger partial charge on any atom is -0.493 e. The van der Waals surface area contributed by atoms with Crippen LogP contribution in [0.2, 0.25) is 0 Å². The molecule has 1 aromatic heterocycles. The van der Waals surface area contributed by atoms with E-state index in [-0.39, 0.29) is 5.97 Å². The molecule has 1 aromatic carbocycles. The van der Waals surface area contributed by atoms with Crippen LogP contribution in [0.15, 0.2) is 36.7 Å². The number of carbonyl (C=O) groups is 1. The molecule has 1 heterocycles. The molecule has 0 aliphatic heterocycles. The van der Waals surface area contributed by atoms with Crippen LogP contribution in [0.25, 0.3) is 0 Å². The first-order valence-corrected chi connectivity index (χ1v) is 5.59. The molecule has 0 radical (unpaired) electrons. The van der Waals surface area contributed by atoms with Gasteiger partial charge in [0.05, 0.1) is 19.3 Å². The van der Waals surface area contributed by atoms with Gasteiger partial charge in [-0.15, -0.1) is 0 Å². The Balaban J connectivity index is 1.85. The third kappa shape index (κ3) is 3.10. The molecule has 0 saturated heterocycles. The Morgan fingerprint density at radius 2 is 2.11 bits per heavy atom. The summed E-state index contributed by atoms with van der Waals surface area (Å²) in [7, 11) is 1.36. The average Bonchev–Trinajstić information content (AvgIpc) is 2.92. The summed E-state index contributed by atoms with van der Waals surface area (Å²) in [5.41, 5.74) is 0.510. The fourth-order valence-corrected chi connectivity index (χ4v) is 1.51. The second-order valence-corrected chi connectivity index (χ2v) is 3.65. The van der Waals surface area contributed by atoms with E-state index in [1.807, 2.05) is 0 Å². The van der Waals surface area contributed by atoms with Gasteiger partial charge in [-0.05, 0) is 24.3 Å². The van der Waals surface area contributed by atoms with Gasteiger partial charge in [-0.3, -0.25) is 0 Å². The van der Waals surface area contributed by atoms with Crippen molar-refractivity contribution in [3.05, 3.63) is 48.0 Å². The van der Waals surface area contributed by atoms with Crippen molar-refractivity contribution in [2.75, 3.05) is 13.7 Å². The maximum absolute atomic E-state index is 11.2. The van der Waals surface area contributed by atoms with Gasteiger partial charge in [0.2, 0.25) is 0 Å². The molecule has 5 nitrogen and oxygen atoms in total. The van der Waals surface area contributed by atoms with Gasteiger partial charge in [-0.2, -0.15) is 0 Å². The van der Waals surface area contributed by atoms with Crippen LogP contribution in [0.4, 0.5) is 0 Å². The Labute approximate surface area is 105 Å². The number of aromatic nitrogens is 2. The predicted octanol–water partition coefficient (Wildman–Crippen LogP) is 1.82. The van der Waals surface area contributed by atoms with Gasteiger partial charge in [0.1, 0.15) is 11.6 Å². The van der Waals surface area contributed by atoms with Gasteiger partial charge >= 0.3 is 5.97 Å². The molecule has 0 bridgehead atoms. The molecule has 2 aromatic rings. The molecule has 0 unspecified atom stereocenters. The molecule has 5 heteroatoms. The molecule has 0 atom stereocenters. The maximum Gasteiger partial charge on any atom is 0.337 e. The number of imidazole rings is 1. The molecule has 0 aliphatic carbocycles. The number of ether oxygens (including phenoxy) is 2. The average molecular weight is 246 g/mol. The standard InChI is InChI=1S/C13H14N2O3/c1-17-13(16)10-2-4-11(5-3-10)18-9-6-12-14-7-8-15-12/h2-5,7-8H,6,9H2,1H3,(H,14,15). The molecular weight excluding hydrogens is 232 g/mol. The van der Waals surface area contributed by atoms with Crippen LogP contribution in [-0.2, 0) is 11.2 Å². The first-order chi connectivity index (χ1) is 8.79. The van der Waals surface area contributed by atoms with E-state index in [1.54, 1.807) is 36.7 Å². The molecule has 0 spiro atoms. The van der Waals surface area contributed by atoms with Gasteiger partial charge in [-0.25, -0.2) is 9.78 Å². The summed E-state index contributed by atoms with van der Waals surface area (Å²) in [6.45, 7) is 0.533. The number of esters is 1. The lowest BCUT2D eigenvalue weighted by atomic mass is 10.2. The van der Waals surface area contributed by atoms with Gasteiger partial charge in [0.25, 0.3) is 0 Å². The van der Waals surface area contributed by atoms with E-state index in [4.69, 9.17) is 4.74 Å². The maximum atomic E-state index is 11.2. The Kier molecular flexibility index (Phi) is 3.96. The van der Waals surface area contributed by atoms with Crippen molar-refractivity contribution < 1.29 is 14.3 Å². The minimum atomic E-state index is -0.350. The largest absolute Gasteiger partial charge is 0.493 e. The molecule has 18 heavy (non-hydrogen) atoms. The monoisotopic (exact) mass is 246 g/mol. The Hall–Kier alpha value is -2.30. The van der Waals surface area contributed by atoms with Crippen molar-refractivity contribution in [3.8, 4) is 5.75 Å². The van der Waals surface area contributed by atoms with E-state index in [1.165, 1.54) is 7.11 Å². The molecule has 2 rings (SSSR count). The Morgan fingerprint density at radius 1 is 1.33 bits per heavy atom. The van der Waals surface area contributed by atoms with Crippen LogP contribution >= 0.6 is 0 Å². The van der Waals surface area contributed by atoms with Crippen LogP contribution in [0, 0.1) is 0 Å². The summed E-state index contributed by atoms with van der Waals surface area (Å²) in [5, 5.41) is 0. The highest BCUT2D eigenvalue weighted by Crippen LogP contribution is 2.13. The number of hydrogen-bond donors (Lipinski definition) is 1. The van der Waals surface area contributed by atoms with Crippen molar-refractivity contribution in [3.63, 3.8) is 0 Å². The van der Waals surface area contributed by atoms with Gasteiger partial charge in [-0.1, -0.05) is 0 Å². The number of benzene rings is 1. The van der Waals surface area contributed by atoms with Crippen LogP contribution in [0.5, 0.6) is 5.75 Å². The molecule has 94 valence electrons. The molecule has 1 N–H and O–H groups in total. The van der Waals surface area contributed by atoms with E-state index < -0.39 is 0 Å². The predicted molar refractivity (Wildman–Crippen MR) is 65.6 cm³/mol. The summed E-state index contributed by atoms with van der Waals surface area (Å²) >= 11 is 0. The fraction of sp³-hybridized carbons (Fsp3) is 0.231. The second-order valence-electron chi connectivity index (χ2n) is 3.65. The van der Waals surface area contributed by atoms with Crippen molar-refractivity contribution in [2.45, 2.75) is 6.42 Å². The normalized spacial score (nSPS) is 10.1. The number of hydrogen-bond acceptors (Lipinski definition) is 4. The lowest BCUT2D eigenvalue weighted by Gasteiger charge is -2.05. The number of H-pyrrole nitrogens is 1. The first kappa shape index (κ1) is 12.2. The third-order valence-electron chi connectivity index (χ3n) is 2.44. The van der Waals surface area contributed by atoms with Crippen LogP contribution in [0.1, 0.15) is 16.2 Å². The molecule has 0 saturated carbocycles. The minimum absolute atomic E-state index is 0.350. The van der Waals surface area contributed by atoms with E-state index >= 15 is 0 Å². The van der Waals surface area contributed by atoms with Crippen molar-refractivity contribution in [2.24, 2.45) is 0 Å². The number of methoxy groups -OCH3 is 1. The number of nitrogens with one attached hydrogen (secondary N) is 1. The summed E-state index contributed by atoms with van der Waals surface area (Å²) in [6, 6.07) is 6.84. The topological polar surface area (TPSA) is 64.2 Å². The van der Waals surface area contributed by atoms with E-state index in [2.05, 4.69) is 14.7 Å². The highest BCUT2D eigenvalue weighted by Gasteiger charge is 2.04. The van der Waals surface area contributed by atoms with Gasteiger partial charge in [0, 0.05) is 18.8 Å². The zero-order valence-corrected chi connectivity index (χ0v) is 10.1. The van der Waals surface area contributed by atoms with Crippen molar-refractivity contribution in [1.29, 1.82) is 0 Å². The zero-order chi connectivity index (χ0) is 12.8. The number of aromatic amines is 1. The highest BCUT2D eigenvalue weighted by atomic mass is 16.5. The third-order valence-corrected chi connectivity index (χ3v) is 2.44. The van der Waals surface area contributed by atoms with E-state index in [0.29, 0.717) is 24.3 Å².